The first-order valence-corrected chi connectivity index (χ1v) is 33.0. The van der Waals surface area contributed by atoms with E-state index in [-0.39, 0.29) is 47.4 Å². The first kappa shape index (κ1) is 73.4. The van der Waals surface area contributed by atoms with Gasteiger partial charge in [0.1, 0.15) is 18.1 Å². The number of benzene rings is 8. The highest BCUT2D eigenvalue weighted by Crippen LogP contribution is 2.32. The smallest absolute Gasteiger partial charge is 0.322 e. The number of anilines is 11. The number of aromatic nitrogens is 2. The number of rotatable bonds is 1. The van der Waals surface area contributed by atoms with Gasteiger partial charge in [-0.2, -0.15) is 0 Å². The number of likely N-dealkylation sites (N-methyl/N-ethyl adjacent to an activating group) is 1. The van der Waals surface area contributed by atoms with E-state index in [1.807, 2.05) is 135 Å². The number of H-pyrrole nitrogens is 1. The number of ketones is 2. The van der Waals surface area contributed by atoms with E-state index < -0.39 is 0 Å². The van der Waals surface area contributed by atoms with Crippen LogP contribution >= 0.6 is 0 Å². The van der Waals surface area contributed by atoms with Crippen molar-refractivity contribution in [1.82, 2.24) is 25.1 Å². The van der Waals surface area contributed by atoms with Gasteiger partial charge in [0.2, 0.25) is 17.4 Å². The van der Waals surface area contributed by atoms with Crippen LogP contribution in [0.15, 0.2) is 179 Å². The molecule has 1 aliphatic carbocycles. The van der Waals surface area contributed by atoms with Crippen LogP contribution < -0.4 is 87.1 Å². The predicted octanol–water partition coefficient (Wildman–Crippen LogP) is 8.54. The van der Waals surface area contributed by atoms with E-state index in [4.69, 9.17) is 50.6 Å². The summed E-state index contributed by atoms with van der Waals surface area (Å²) in [5, 5.41) is 7.33. The monoisotopic (exact) mass is 1380 g/mol. The van der Waals surface area contributed by atoms with Crippen molar-refractivity contribution in [1.29, 1.82) is 0 Å². The first-order chi connectivity index (χ1) is 48.8. The zero-order chi connectivity index (χ0) is 73.5. The van der Waals surface area contributed by atoms with E-state index in [0.29, 0.717) is 86.8 Å². The Hall–Kier alpha value is -12.8. The second-order valence-corrected chi connectivity index (χ2v) is 24.9. The molecule has 0 saturated heterocycles. The fourth-order valence-electron chi connectivity index (χ4n) is 12.0. The average molecular weight is 1380 g/mol. The van der Waals surface area contributed by atoms with E-state index in [1.165, 1.54) is 28.8 Å². The molecular weight excluding hydrogens is 1290 g/mol. The lowest BCUT2D eigenvalue weighted by Crippen LogP contribution is -2.44. The standard InChI is InChI=1S/C10H13N3O.2C10H12N2O.C10H10N2O.C10H11NO.C9H11N3O.C9H8N2O.C9H9NO2/c1-2-13-9-5-3-4-8(11)7(9)6-12-10(13)14;1-12-9-6-8(11)4-2-7(9)3-5-10(12)13;1-12-6-7-2-3-9(11)4-8(7)5-10(12)13;1-12-9-4-2-3-8(11)7(9)5-6-10(12)13;11-9-3-1-7-2-4-10(12)6-8(7)5-9;1-12-8-4-2-3-7(10)6(8)5-11-9(12)13;10-7-2-1-3-8-6(7)4-5-9(12)11-8;10-7-1-2-9-6(3-7)4-8(11)5-12-9/h3-5H,2,6,11H2,1H3,(H,12,14);2,4,6H,3,5,11H2,1H3;2-4H,5-6,11H2,1H3;2-6H,11H2,1H3;1,3,5H,2,4,6,11H2;2-4H,5,10H2,1H3,(H,11,13);1-5H,10H2,(H,11,12);1-3H,4-5,10H2. The second-order valence-electron chi connectivity index (χ2n) is 24.9. The minimum absolute atomic E-state index is 0.0156. The van der Waals surface area contributed by atoms with Crippen LogP contribution in [0.4, 0.5) is 72.2 Å². The van der Waals surface area contributed by atoms with Crippen LogP contribution in [-0.2, 0) is 78.0 Å². The fraction of sp³-hybridized carbons (Fsp3) is 0.221. The first-order valence-electron chi connectivity index (χ1n) is 33.0. The SMILES string of the molecule is CCN1C(=O)NCc2c(N)cccc21.CN1C(=O)CCc2ccc(N)cc21.CN1C(=O)NCc2c(N)cccc21.CN1Cc2ccc(N)cc2CC1=O.Cn1c(=O)ccc2c(N)cccc21.Nc1ccc2c(c1)CC(=O)CC2.Nc1ccc2c(c1)CC(=O)CO2.Nc1cccc2[nH]c(=O)ccc12. The van der Waals surface area contributed by atoms with Gasteiger partial charge in [0.15, 0.2) is 5.78 Å². The number of nitrogen functional groups attached to an aromatic ring is 8. The molecule has 102 heavy (non-hydrogen) atoms. The highest BCUT2D eigenvalue weighted by Gasteiger charge is 2.25. The molecule has 6 amide bonds. The lowest BCUT2D eigenvalue weighted by molar-refractivity contribution is -0.130. The number of nitrogens with one attached hydrogen (secondary N) is 3. The minimum atomic E-state index is -0.104. The third-order valence-corrected chi connectivity index (χ3v) is 17.7. The van der Waals surface area contributed by atoms with Crippen LogP contribution in [0.25, 0.3) is 21.8 Å². The molecule has 528 valence electrons. The lowest BCUT2D eigenvalue weighted by Gasteiger charge is -2.29. The summed E-state index contributed by atoms with van der Waals surface area (Å²) in [6.45, 7) is 4.54. The molecule has 16 rings (SSSR count). The Labute approximate surface area is 590 Å². The average Bonchev–Trinajstić information content (AvgIpc) is 0.808. The Balaban J connectivity index is 0.000000136. The highest BCUT2D eigenvalue weighted by atomic mass is 16.5. The van der Waals surface area contributed by atoms with E-state index in [9.17, 15) is 38.4 Å². The molecule has 5 aliphatic heterocycles. The Morgan fingerprint density at radius 3 is 1.66 bits per heavy atom. The van der Waals surface area contributed by atoms with E-state index >= 15 is 0 Å². The normalized spacial score (nSPS) is 14.2. The molecule has 6 aliphatic rings. The van der Waals surface area contributed by atoms with Crippen LogP contribution in [0.3, 0.4) is 0 Å². The van der Waals surface area contributed by atoms with Crippen molar-refractivity contribution >= 4 is 120 Å². The molecule has 0 radical (unpaired) electrons. The molecule has 10 aromatic rings. The fourth-order valence-corrected chi connectivity index (χ4v) is 12.0. The number of aryl methyl sites for hydroxylation is 3. The van der Waals surface area contributed by atoms with Crippen LogP contribution in [0.1, 0.15) is 64.3 Å². The van der Waals surface area contributed by atoms with Crippen LogP contribution in [0.5, 0.6) is 5.75 Å². The maximum Gasteiger partial charge on any atom is 0.322 e. The Morgan fingerprint density at radius 1 is 0.431 bits per heavy atom. The van der Waals surface area contributed by atoms with Gasteiger partial charge in [-0.05, 0) is 163 Å². The molecule has 2 aromatic heterocycles. The topological polar surface area (TPSA) is 412 Å². The summed E-state index contributed by atoms with van der Waals surface area (Å²) in [5.41, 5.74) is 64.3. The molecule has 0 saturated carbocycles. The summed E-state index contributed by atoms with van der Waals surface area (Å²) in [4.78, 5) is 99.0. The van der Waals surface area contributed by atoms with Crippen molar-refractivity contribution in [3.63, 3.8) is 0 Å². The van der Waals surface area contributed by atoms with Gasteiger partial charge in [-0.3, -0.25) is 38.6 Å². The van der Waals surface area contributed by atoms with Crippen molar-refractivity contribution in [2.24, 2.45) is 7.05 Å². The molecule has 0 spiro atoms. The summed E-state index contributed by atoms with van der Waals surface area (Å²) in [6.07, 6.45) is 4.51. The van der Waals surface area contributed by atoms with Crippen molar-refractivity contribution in [3.8, 4) is 5.75 Å². The Morgan fingerprint density at radius 2 is 0.971 bits per heavy atom. The zero-order valence-electron chi connectivity index (χ0n) is 57.7. The van der Waals surface area contributed by atoms with E-state index in [0.717, 1.165) is 108 Å². The highest BCUT2D eigenvalue weighted by molar-refractivity contribution is 5.98. The molecule has 0 bridgehead atoms. The number of amides is 6. The van der Waals surface area contributed by atoms with Gasteiger partial charge >= 0.3 is 12.1 Å². The maximum atomic E-state index is 11.5. The number of aromatic amines is 1. The zero-order valence-corrected chi connectivity index (χ0v) is 57.7. The second kappa shape index (κ2) is 33.2. The molecule has 19 N–H and O–H groups in total. The minimum Gasteiger partial charge on any atom is -0.486 e. The molecule has 25 heteroatoms. The number of pyridine rings is 2. The molecular formula is C77H86N16O9. The quantitative estimate of drug-likeness (QED) is 0.0685. The number of hydrogen-bond acceptors (Lipinski definition) is 17. The number of carbonyl (C=O) groups is 6. The van der Waals surface area contributed by atoms with Crippen molar-refractivity contribution in [2.75, 3.05) is 94.9 Å². The number of Topliss-reactive ketones (excluding diaryl/α,β-unsaturated/α-hetero) is 2. The van der Waals surface area contributed by atoms with Gasteiger partial charge in [0.05, 0.1) is 28.8 Å². The van der Waals surface area contributed by atoms with Gasteiger partial charge in [-0.25, -0.2) is 9.59 Å². The van der Waals surface area contributed by atoms with E-state index in [2.05, 4.69) is 15.6 Å². The molecule has 7 heterocycles. The Kier molecular flexibility index (Phi) is 23.9. The summed E-state index contributed by atoms with van der Waals surface area (Å²) < 4.78 is 6.77. The summed E-state index contributed by atoms with van der Waals surface area (Å²) in [6, 6.07) is 51.2. The van der Waals surface area contributed by atoms with Crippen molar-refractivity contribution in [3.05, 3.63) is 235 Å². The molecule has 25 nitrogen and oxygen atoms in total. The van der Waals surface area contributed by atoms with Crippen molar-refractivity contribution < 1.29 is 33.5 Å². The van der Waals surface area contributed by atoms with Crippen molar-refractivity contribution in [2.45, 2.75) is 71.5 Å². The van der Waals surface area contributed by atoms with Gasteiger partial charge in [0, 0.05) is 171 Å². The number of nitrogens with two attached hydrogens (primary N) is 8. The van der Waals surface area contributed by atoms with Crippen LogP contribution in [-0.4, -0.2) is 84.2 Å². The lowest BCUT2D eigenvalue weighted by atomic mass is 9.91. The predicted molar refractivity (Wildman–Crippen MR) is 407 cm³/mol. The Bertz CT molecular complexity index is 4850. The van der Waals surface area contributed by atoms with Gasteiger partial charge in [-0.1, -0.05) is 42.5 Å². The third kappa shape index (κ3) is 18.3. The summed E-state index contributed by atoms with van der Waals surface area (Å²) >= 11 is 0. The van der Waals surface area contributed by atoms with E-state index in [1.54, 1.807) is 81.7 Å². The molecule has 0 fully saturated rings. The number of carbonyl (C=O) groups excluding carboxylic acids is 6. The molecule has 8 aromatic carbocycles. The van der Waals surface area contributed by atoms with Gasteiger partial charge in [-0.15, -0.1) is 0 Å². The summed E-state index contributed by atoms with van der Waals surface area (Å²) in [5.74, 6) is 1.54. The third-order valence-electron chi connectivity index (χ3n) is 17.7. The van der Waals surface area contributed by atoms with Crippen LogP contribution in [0, 0.1) is 0 Å². The van der Waals surface area contributed by atoms with Crippen LogP contribution in [0.2, 0.25) is 0 Å². The van der Waals surface area contributed by atoms with Gasteiger partial charge < -0.3 is 80.6 Å². The maximum absolute atomic E-state index is 11.5. The number of ether oxygens (including phenoxy) is 1. The number of hydrogen-bond donors (Lipinski definition) is 11. The molecule has 0 atom stereocenters. The number of urea groups is 2. The number of fused-ring (bicyclic) bond motifs is 8. The number of nitrogens with zero attached hydrogens (tertiary/aromatic N) is 5. The van der Waals surface area contributed by atoms with Gasteiger partial charge in [0.25, 0.3) is 5.56 Å². The molecule has 0 unspecified atom stereocenters. The largest absolute Gasteiger partial charge is 0.486 e. The summed E-state index contributed by atoms with van der Waals surface area (Å²) in [7, 11) is 7.08.